The molecule has 1 fully saturated rings. The number of carboxylic acid groups (broad SMARTS) is 1. The molecule has 1 saturated carbocycles. The molecule has 1 aliphatic heterocycles. The number of ether oxygens (including phenoxy) is 1. The zero-order chi connectivity index (χ0) is 25.5. The van der Waals surface area contributed by atoms with E-state index in [1.807, 2.05) is 0 Å². The number of benzene rings is 2. The van der Waals surface area contributed by atoms with Crippen LogP contribution in [0.15, 0.2) is 42.5 Å². The second-order valence-corrected chi connectivity index (χ2v) is 8.81. The fourth-order valence-electron chi connectivity index (χ4n) is 5.42. The van der Waals surface area contributed by atoms with Gasteiger partial charge in [0.15, 0.2) is 0 Å². The van der Waals surface area contributed by atoms with E-state index >= 15 is 0 Å². The summed E-state index contributed by atoms with van der Waals surface area (Å²) in [4.78, 5) is 38.6. The number of hydrogen-bond donors (Lipinski definition) is 2. The number of nitrogens with zero attached hydrogens (tertiary/aromatic N) is 1. The fourth-order valence-corrected chi connectivity index (χ4v) is 5.42. The third-order valence-electron chi connectivity index (χ3n) is 6.80. The molecule has 4 unspecified atom stereocenters. The van der Waals surface area contributed by atoms with Gasteiger partial charge < -0.3 is 25.3 Å². The maximum absolute atomic E-state index is 14.4. The van der Waals surface area contributed by atoms with Crippen LogP contribution in [0.5, 0.6) is 5.75 Å². The van der Waals surface area contributed by atoms with Gasteiger partial charge in [-0.1, -0.05) is 6.42 Å². The highest BCUT2D eigenvalue weighted by Gasteiger charge is 2.55. The molecule has 0 aromatic heterocycles. The summed E-state index contributed by atoms with van der Waals surface area (Å²) in [5.41, 5.74) is 4.80. The number of carbonyl (C=O) groups is 3. The van der Waals surface area contributed by atoms with E-state index in [4.69, 9.17) is 5.73 Å². The molecule has 2 aromatic rings. The van der Waals surface area contributed by atoms with Crippen LogP contribution in [0.3, 0.4) is 0 Å². The minimum atomic E-state index is -4.88. The highest BCUT2D eigenvalue weighted by Crippen LogP contribution is 2.53. The van der Waals surface area contributed by atoms with Crippen LogP contribution in [0.4, 0.5) is 23.2 Å². The molecule has 1 heterocycles. The molecule has 1 aliphatic carbocycles. The Morgan fingerprint density at radius 2 is 1.83 bits per heavy atom. The molecular formula is C24H22F4N2O5. The van der Waals surface area contributed by atoms with Crippen LogP contribution < -0.4 is 15.4 Å². The standard InChI is InChI=1S/C24H22F4N2O5/c25-14-6-9-19-17(12-14)20(23(29,10-11-31)22(33)34)16-2-1-3-18(16)30(19)21(32)13-4-7-15(8-5-13)35-24(26,27)28/h4-9,11-12,16,18,20H,1-3,10,29H2,(H,33,34). The van der Waals surface area contributed by atoms with Gasteiger partial charge in [0.2, 0.25) is 0 Å². The van der Waals surface area contributed by atoms with Crippen LogP contribution in [-0.4, -0.2) is 41.2 Å². The maximum atomic E-state index is 14.4. The summed E-state index contributed by atoms with van der Waals surface area (Å²) in [7, 11) is 0. The second-order valence-electron chi connectivity index (χ2n) is 8.81. The van der Waals surface area contributed by atoms with Gasteiger partial charge in [0.05, 0.1) is 0 Å². The van der Waals surface area contributed by atoms with Crippen molar-refractivity contribution in [2.75, 3.05) is 4.90 Å². The van der Waals surface area contributed by atoms with Gasteiger partial charge in [-0.15, -0.1) is 13.2 Å². The Bertz CT molecular complexity index is 1150. The molecule has 2 aromatic carbocycles. The predicted molar refractivity (Wildman–Crippen MR) is 115 cm³/mol. The maximum Gasteiger partial charge on any atom is 0.573 e. The Morgan fingerprint density at radius 3 is 2.43 bits per heavy atom. The van der Waals surface area contributed by atoms with Gasteiger partial charge in [-0.05, 0) is 66.8 Å². The van der Waals surface area contributed by atoms with Gasteiger partial charge in [-0.25, -0.2) is 4.39 Å². The van der Waals surface area contributed by atoms with E-state index in [1.165, 1.54) is 23.1 Å². The molecule has 0 saturated heterocycles. The van der Waals surface area contributed by atoms with Crippen LogP contribution in [-0.2, 0) is 9.59 Å². The van der Waals surface area contributed by atoms with E-state index in [9.17, 15) is 37.1 Å². The Kier molecular flexibility index (Phi) is 6.31. The van der Waals surface area contributed by atoms with Gasteiger partial charge >= 0.3 is 12.3 Å². The Hall–Kier alpha value is -3.47. The van der Waals surface area contributed by atoms with Crippen molar-refractivity contribution < 1.29 is 41.8 Å². The van der Waals surface area contributed by atoms with Crippen molar-refractivity contribution in [2.45, 2.75) is 49.5 Å². The minimum absolute atomic E-state index is 0.0732. The third kappa shape index (κ3) is 4.47. The van der Waals surface area contributed by atoms with Crippen molar-refractivity contribution in [3.05, 3.63) is 59.4 Å². The van der Waals surface area contributed by atoms with E-state index in [0.717, 1.165) is 24.3 Å². The number of nitrogens with two attached hydrogens (primary N) is 1. The number of fused-ring (bicyclic) bond motifs is 2. The van der Waals surface area contributed by atoms with E-state index in [0.29, 0.717) is 25.5 Å². The number of amides is 1. The number of halogens is 4. The molecule has 3 N–H and O–H groups in total. The minimum Gasteiger partial charge on any atom is -0.480 e. The zero-order valence-corrected chi connectivity index (χ0v) is 18.3. The highest BCUT2D eigenvalue weighted by molar-refractivity contribution is 6.07. The number of aldehydes is 1. The average molecular weight is 494 g/mol. The first kappa shape index (κ1) is 24.6. The summed E-state index contributed by atoms with van der Waals surface area (Å²) >= 11 is 0. The van der Waals surface area contributed by atoms with E-state index in [-0.39, 0.29) is 16.8 Å². The lowest BCUT2D eigenvalue weighted by molar-refractivity contribution is -0.274. The molecular weight excluding hydrogens is 472 g/mol. The van der Waals surface area contributed by atoms with Crippen molar-refractivity contribution in [1.82, 2.24) is 0 Å². The largest absolute Gasteiger partial charge is 0.573 e. The first-order valence-electron chi connectivity index (χ1n) is 10.9. The third-order valence-corrected chi connectivity index (χ3v) is 6.80. The molecule has 11 heteroatoms. The molecule has 35 heavy (non-hydrogen) atoms. The van der Waals surface area contributed by atoms with Crippen LogP contribution in [0, 0.1) is 11.7 Å². The molecule has 1 amide bonds. The van der Waals surface area contributed by atoms with Crippen molar-refractivity contribution >= 4 is 23.9 Å². The van der Waals surface area contributed by atoms with Crippen molar-refractivity contribution in [3.63, 3.8) is 0 Å². The molecule has 186 valence electrons. The lowest BCUT2D eigenvalue weighted by atomic mass is 9.66. The number of anilines is 1. The van der Waals surface area contributed by atoms with E-state index < -0.39 is 59.6 Å². The Morgan fingerprint density at radius 1 is 1.14 bits per heavy atom. The number of carboxylic acids is 1. The highest BCUT2D eigenvalue weighted by atomic mass is 19.4. The second kappa shape index (κ2) is 8.95. The van der Waals surface area contributed by atoms with Crippen molar-refractivity contribution in [2.24, 2.45) is 11.7 Å². The van der Waals surface area contributed by atoms with Crippen molar-refractivity contribution in [3.8, 4) is 5.75 Å². The summed E-state index contributed by atoms with van der Waals surface area (Å²) in [6, 6.07) is 7.54. The van der Waals surface area contributed by atoms with E-state index in [1.54, 1.807) is 0 Å². The smallest absolute Gasteiger partial charge is 0.480 e. The summed E-state index contributed by atoms with van der Waals surface area (Å²) in [6.45, 7) is 0. The van der Waals surface area contributed by atoms with E-state index in [2.05, 4.69) is 4.74 Å². The molecule has 7 nitrogen and oxygen atoms in total. The normalized spacial score (nSPS) is 23.1. The summed E-state index contributed by atoms with van der Waals surface area (Å²) in [5.74, 6) is -4.50. The van der Waals surface area contributed by atoms with Crippen LogP contribution in [0.2, 0.25) is 0 Å². The van der Waals surface area contributed by atoms with Crippen LogP contribution in [0.25, 0.3) is 0 Å². The van der Waals surface area contributed by atoms with Crippen molar-refractivity contribution in [1.29, 1.82) is 0 Å². The van der Waals surface area contributed by atoms with Crippen LogP contribution >= 0.6 is 0 Å². The van der Waals surface area contributed by atoms with Gasteiger partial charge in [-0.2, -0.15) is 0 Å². The van der Waals surface area contributed by atoms with Gasteiger partial charge in [-0.3, -0.25) is 9.59 Å². The molecule has 0 bridgehead atoms. The number of carbonyl (C=O) groups excluding carboxylic acids is 2. The summed E-state index contributed by atoms with van der Waals surface area (Å²) in [6.07, 6.45) is -3.32. The number of rotatable bonds is 6. The average Bonchev–Trinajstić information content (AvgIpc) is 3.25. The number of aliphatic carboxylic acids is 1. The molecule has 0 spiro atoms. The summed E-state index contributed by atoms with van der Waals surface area (Å²) < 4.78 is 55.6. The predicted octanol–water partition coefficient (Wildman–Crippen LogP) is 4.01. The first-order valence-corrected chi connectivity index (χ1v) is 10.9. The molecule has 0 radical (unpaired) electrons. The molecule has 4 atom stereocenters. The topological polar surface area (TPSA) is 110 Å². The van der Waals surface area contributed by atoms with Gasteiger partial charge in [0.1, 0.15) is 23.4 Å². The number of alkyl halides is 3. The SMILES string of the molecule is NC(CC=O)(C(=O)O)C1c2cc(F)ccc2N(C(=O)c2ccc(OC(F)(F)F)cc2)C2CCCC21. The quantitative estimate of drug-likeness (QED) is 0.464. The van der Waals surface area contributed by atoms with Crippen LogP contribution in [0.1, 0.15) is 47.5 Å². The molecule has 4 rings (SSSR count). The zero-order valence-electron chi connectivity index (χ0n) is 18.3. The fraction of sp³-hybridized carbons (Fsp3) is 0.375. The molecule has 2 aliphatic rings. The summed E-state index contributed by atoms with van der Waals surface area (Å²) in [5, 5.41) is 9.94. The van der Waals surface area contributed by atoms with Gasteiger partial charge in [0.25, 0.3) is 5.91 Å². The lowest BCUT2D eigenvalue weighted by Crippen LogP contribution is -2.60. The first-order chi connectivity index (χ1) is 16.5. The van der Waals surface area contributed by atoms with Gasteiger partial charge in [0, 0.05) is 29.6 Å². The monoisotopic (exact) mass is 494 g/mol. The lowest BCUT2D eigenvalue weighted by Gasteiger charge is -2.48. The number of hydrogen-bond acceptors (Lipinski definition) is 5. The Labute approximate surface area is 197 Å². The Balaban J connectivity index is 1.80.